The summed E-state index contributed by atoms with van der Waals surface area (Å²) in [7, 11) is 0. The summed E-state index contributed by atoms with van der Waals surface area (Å²) < 4.78 is 0. The zero-order chi connectivity index (χ0) is 13.8. The van der Waals surface area contributed by atoms with Crippen LogP contribution < -0.4 is 5.32 Å². The molecule has 1 aromatic rings. The van der Waals surface area contributed by atoms with Crippen molar-refractivity contribution in [3.8, 4) is 0 Å². The molecule has 1 aliphatic heterocycles. The number of carbonyl (C=O) groups is 2. The van der Waals surface area contributed by atoms with Gasteiger partial charge in [0.25, 0.3) is 0 Å². The van der Waals surface area contributed by atoms with Gasteiger partial charge in [0.2, 0.25) is 11.1 Å². The molecule has 3 amide bonds. The highest BCUT2D eigenvalue weighted by Gasteiger charge is 2.30. The van der Waals surface area contributed by atoms with Gasteiger partial charge in [0.15, 0.2) is 0 Å². The number of hydrogen-bond donors (Lipinski definition) is 2. The standard InChI is InChI=1S/C11H17N5O2S/c1-3-4-8-13-10(15-14-8)19-7(2)9(17)16-6-5-12-11(16)18/h7H,3-6H2,1-2H3,(H,12,18)(H,13,14,15). The van der Waals surface area contributed by atoms with E-state index in [1.807, 2.05) is 0 Å². The van der Waals surface area contributed by atoms with Gasteiger partial charge in [0.05, 0.1) is 5.25 Å². The van der Waals surface area contributed by atoms with E-state index in [2.05, 4.69) is 27.4 Å². The third kappa shape index (κ3) is 3.25. The van der Waals surface area contributed by atoms with Crippen LogP contribution in [0.25, 0.3) is 0 Å². The molecule has 0 spiro atoms. The summed E-state index contributed by atoms with van der Waals surface area (Å²) in [6, 6.07) is -0.320. The first kappa shape index (κ1) is 13.9. The SMILES string of the molecule is CCCc1nc(SC(C)C(=O)N2CCNC2=O)n[nH]1. The van der Waals surface area contributed by atoms with Crippen molar-refractivity contribution in [1.29, 1.82) is 0 Å². The third-order valence-corrected chi connectivity index (χ3v) is 3.70. The summed E-state index contributed by atoms with van der Waals surface area (Å²) in [6.45, 7) is 4.77. The predicted octanol–water partition coefficient (Wildman–Crippen LogP) is 0.790. The highest BCUT2D eigenvalue weighted by atomic mass is 32.2. The molecule has 0 aromatic carbocycles. The molecule has 104 valence electrons. The number of H-pyrrole nitrogens is 1. The van der Waals surface area contributed by atoms with Gasteiger partial charge in [-0.25, -0.2) is 9.78 Å². The molecule has 2 rings (SSSR count). The summed E-state index contributed by atoms with van der Waals surface area (Å²) in [4.78, 5) is 29.0. The number of nitrogens with zero attached hydrogens (tertiary/aromatic N) is 3. The lowest BCUT2D eigenvalue weighted by atomic mass is 10.3. The largest absolute Gasteiger partial charge is 0.336 e. The summed E-state index contributed by atoms with van der Waals surface area (Å²) >= 11 is 1.26. The first-order valence-electron chi connectivity index (χ1n) is 6.29. The van der Waals surface area contributed by atoms with Gasteiger partial charge in [0.1, 0.15) is 5.82 Å². The first-order valence-corrected chi connectivity index (χ1v) is 7.17. The molecule has 1 atom stereocenters. The van der Waals surface area contributed by atoms with E-state index in [-0.39, 0.29) is 17.2 Å². The topological polar surface area (TPSA) is 91.0 Å². The smallest absolute Gasteiger partial charge is 0.324 e. The summed E-state index contributed by atoms with van der Waals surface area (Å²) in [5.74, 6) is 0.616. The van der Waals surface area contributed by atoms with E-state index in [9.17, 15) is 9.59 Å². The Morgan fingerprint density at radius 3 is 3.00 bits per heavy atom. The molecule has 0 aliphatic carbocycles. The van der Waals surface area contributed by atoms with E-state index in [1.165, 1.54) is 16.7 Å². The Morgan fingerprint density at radius 2 is 2.37 bits per heavy atom. The molecule has 2 N–H and O–H groups in total. The molecule has 8 heteroatoms. The maximum atomic E-state index is 12.1. The molecule has 1 fully saturated rings. The number of nitrogens with one attached hydrogen (secondary N) is 2. The maximum Gasteiger partial charge on any atom is 0.324 e. The Hall–Kier alpha value is -1.57. The Kier molecular flexibility index (Phi) is 4.41. The second-order valence-electron chi connectivity index (χ2n) is 4.30. The van der Waals surface area contributed by atoms with Gasteiger partial charge >= 0.3 is 6.03 Å². The minimum absolute atomic E-state index is 0.207. The van der Waals surface area contributed by atoms with Gasteiger partial charge in [-0.15, -0.1) is 5.10 Å². The van der Waals surface area contributed by atoms with Crippen molar-refractivity contribution in [2.24, 2.45) is 0 Å². The summed E-state index contributed by atoms with van der Waals surface area (Å²) in [5, 5.41) is 9.68. The number of thioether (sulfide) groups is 1. The number of aryl methyl sites for hydroxylation is 1. The van der Waals surface area contributed by atoms with Crippen molar-refractivity contribution >= 4 is 23.7 Å². The Labute approximate surface area is 115 Å². The summed E-state index contributed by atoms with van der Waals surface area (Å²) in [6.07, 6.45) is 1.83. The van der Waals surface area contributed by atoms with E-state index < -0.39 is 0 Å². The normalized spacial score (nSPS) is 16.5. The molecular weight excluding hydrogens is 266 g/mol. The van der Waals surface area contributed by atoms with E-state index in [4.69, 9.17) is 0 Å². The zero-order valence-corrected chi connectivity index (χ0v) is 11.8. The number of aromatic nitrogens is 3. The second kappa shape index (κ2) is 6.05. The minimum Gasteiger partial charge on any atom is -0.336 e. The Morgan fingerprint density at radius 1 is 1.58 bits per heavy atom. The van der Waals surface area contributed by atoms with Crippen LogP contribution in [0.2, 0.25) is 0 Å². The van der Waals surface area contributed by atoms with Crippen LogP contribution in [0, 0.1) is 0 Å². The maximum absolute atomic E-state index is 12.1. The first-order chi connectivity index (χ1) is 9.11. The monoisotopic (exact) mass is 283 g/mol. The van der Waals surface area contributed by atoms with Crippen LogP contribution in [0.4, 0.5) is 4.79 Å². The van der Waals surface area contributed by atoms with Crippen LogP contribution in [-0.4, -0.2) is 50.4 Å². The molecule has 1 unspecified atom stereocenters. The van der Waals surface area contributed by atoms with Crippen LogP contribution in [0.1, 0.15) is 26.1 Å². The molecule has 1 aromatic heterocycles. The van der Waals surface area contributed by atoms with Crippen molar-refractivity contribution in [3.05, 3.63) is 5.82 Å². The summed E-state index contributed by atoms with van der Waals surface area (Å²) in [5.41, 5.74) is 0. The van der Waals surface area contributed by atoms with Crippen molar-refractivity contribution in [1.82, 2.24) is 25.4 Å². The molecule has 19 heavy (non-hydrogen) atoms. The van der Waals surface area contributed by atoms with Crippen LogP contribution >= 0.6 is 11.8 Å². The molecule has 1 saturated heterocycles. The van der Waals surface area contributed by atoms with Gasteiger partial charge in [-0.05, 0) is 13.3 Å². The van der Waals surface area contributed by atoms with Gasteiger partial charge in [-0.1, -0.05) is 18.7 Å². The van der Waals surface area contributed by atoms with E-state index in [0.717, 1.165) is 18.7 Å². The lowest BCUT2D eigenvalue weighted by Gasteiger charge is -2.15. The number of rotatable bonds is 5. The average molecular weight is 283 g/mol. The second-order valence-corrected chi connectivity index (χ2v) is 5.60. The fourth-order valence-electron chi connectivity index (χ4n) is 1.79. The van der Waals surface area contributed by atoms with Crippen molar-refractivity contribution in [2.45, 2.75) is 37.1 Å². The molecule has 0 saturated carbocycles. The lowest BCUT2D eigenvalue weighted by molar-refractivity contribution is -0.126. The molecule has 0 radical (unpaired) electrons. The Bertz CT molecular complexity index is 475. The van der Waals surface area contributed by atoms with E-state index in [0.29, 0.717) is 18.2 Å². The van der Waals surface area contributed by atoms with Gasteiger partial charge in [0, 0.05) is 19.5 Å². The predicted molar refractivity (Wildman–Crippen MR) is 70.8 cm³/mol. The van der Waals surface area contributed by atoms with Crippen LogP contribution in [0.3, 0.4) is 0 Å². The van der Waals surface area contributed by atoms with Crippen molar-refractivity contribution in [3.63, 3.8) is 0 Å². The highest BCUT2D eigenvalue weighted by Crippen LogP contribution is 2.21. The van der Waals surface area contributed by atoms with Crippen LogP contribution in [0.5, 0.6) is 0 Å². The van der Waals surface area contributed by atoms with Crippen molar-refractivity contribution in [2.75, 3.05) is 13.1 Å². The molecule has 1 aliphatic rings. The molecule has 7 nitrogen and oxygen atoms in total. The Balaban J connectivity index is 1.94. The number of hydrogen-bond acceptors (Lipinski definition) is 5. The quantitative estimate of drug-likeness (QED) is 0.780. The van der Waals surface area contributed by atoms with Gasteiger partial charge in [-0.2, -0.15) is 0 Å². The number of urea groups is 1. The number of carbonyl (C=O) groups excluding carboxylic acids is 2. The third-order valence-electron chi connectivity index (χ3n) is 2.75. The van der Waals surface area contributed by atoms with Gasteiger partial charge in [-0.3, -0.25) is 14.8 Å². The fourth-order valence-corrected chi connectivity index (χ4v) is 2.59. The highest BCUT2D eigenvalue weighted by molar-refractivity contribution is 8.00. The number of imide groups is 1. The number of amides is 3. The van der Waals surface area contributed by atoms with Gasteiger partial charge < -0.3 is 5.32 Å². The van der Waals surface area contributed by atoms with Crippen LogP contribution in [-0.2, 0) is 11.2 Å². The molecular formula is C11H17N5O2S. The lowest BCUT2D eigenvalue weighted by Crippen LogP contribution is -2.38. The van der Waals surface area contributed by atoms with E-state index >= 15 is 0 Å². The average Bonchev–Trinajstić information content (AvgIpc) is 2.98. The fraction of sp³-hybridized carbons (Fsp3) is 0.636. The number of aromatic amines is 1. The van der Waals surface area contributed by atoms with Crippen molar-refractivity contribution < 1.29 is 9.59 Å². The minimum atomic E-state index is -0.380. The van der Waals surface area contributed by atoms with E-state index in [1.54, 1.807) is 6.92 Å². The zero-order valence-electron chi connectivity index (χ0n) is 11.0. The van der Waals surface area contributed by atoms with Crippen LogP contribution in [0.15, 0.2) is 5.16 Å². The molecule has 2 heterocycles. The molecule has 0 bridgehead atoms.